The summed E-state index contributed by atoms with van der Waals surface area (Å²) in [6.07, 6.45) is 3.49. The van der Waals surface area contributed by atoms with E-state index in [0.717, 1.165) is 32.9 Å². The van der Waals surface area contributed by atoms with E-state index in [1.165, 1.54) is 17.4 Å². The number of ether oxygens (including phenoxy) is 2. The molecule has 2 aromatic rings. The van der Waals surface area contributed by atoms with Crippen LogP contribution in [0.1, 0.15) is 28.5 Å². The molecule has 1 aromatic carbocycles. The molecule has 0 saturated heterocycles. The number of esters is 1. The SMILES string of the molecule is CCOC(=O)C=C1c2ccccc2C=C(OC)c2sc(Cl)cc21. The van der Waals surface area contributed by atoms with Crippen LogP contribution in [-0.2, 0) is 14.3 Å². The maximum absolute atomic E-state index is 12.0. The highest BCUT2D eigenvalue weighted by atomic mass is 35.5. The predicted molar refractivity (Wildman–Crippen MR) is 94.4 cm³/mol. The molecule has 1 heterocycles. The molecule has 0 spiro atoms. The molecule has 1 aliphatic rings. The molecule has 0 N–H and O–H groups in total. The number of hydrogen-bond acceptors (Lipinski definition) is 4. The summed E-state index contributed by atoms with van der Waals surface area (Å²) in [6, 6.07) is 9.73. The number of fused-ring (bicyclic) bond motifs is 2. The minimum Gasteiger partial charge on any atom is -0.495 e. The summed E-state index contributed by atoms with van der Waals surface area (Å²) < 4.78 is 11.3. The van der Waals surface area contributed by atoms with E-state index in [9.17, 15) is 4.79 Å². The van der Waals surface area contributed by atoms with Gasteiger partial charge in [0.2, 0.25) is 0 Å². The Morgan fingerprint density at radius 1 is 1.30 bits per heavy atom. The van der Waals surface area contributed by atoms with Crippen LogP contribution in [0.4, 0.5) is 0 Å². The van der Waals surface area contributed by atoms with Crippen molar-refractivity contribution in [1.29, 1.82) is 0 Å². The zero-order valence-electron chi connectivity index (χ0n) is 12.8. The van der Waals surface area contributed by atoms with Crippen molar-refractivity contribution in [3.05, 3.63) is 62.3 Å². The molecule has 3 nitrogen and oxygen atoms in total. The molecule has 1 aliphatic carbocycles. The number of hydrogen-bond donors (Lipinski definition) is 0. The number of benzene rings is 1. The summed E-state index contributed by atoms with van der Waals surface area (Å²) in [6.45, 7) is 2.12. The lowest BCUT2D eigenvalue weighted by molar-refractivity contribution is -0.137. The van der Waals surface area contributed by atoms with Gasteiger partial charge >= 0.3 is 5.97 Å². The lowest BCUT2D eigenvalue weighted by Gasteiger charge is -2.09. The van der Waals surface area contributed by atoms with Crippen LogP contribution in [0.3, 0.4) is 0 Å². The van der Waals surface area contributed by atoms with Gasteiger partial charge in [0.15, 0.2) is 0 Å². The molecule has 0 fully saturated rings. The lowest BCUT2D eigenvalue weighted by Crippen LogP contribution is -2.02. The van der Waals surface area contributed by atoms with E-state index in [1.54, 1.807) is 14.0 Å². The van der Waals surface area contributed by atoms with Crippen LogP contribution in [0.15, 0.2) is 36.4 Å². The van der Waals surface area contributed by atoms with Crippen LogP contribution < -0.4 is 0 Å². The van der Waals surface area contributed by atoms with Gasteiger partial charge in [0.25, 0.3) is 0 Å². The van der Waals surface area contributed by atoms with Gasteiger partial charge in [0.1, 0.15) is 5.76 Å². The second kappa shape index (κ2) is 6.60. The van der Waals surface area contributed by atoms with Gasteiger partial charge in [-0.15, -0.1) is 11.3 Å². The molecule has 0 radical (unpaired) electrons. The van der Waals surface area contributed by atoms with Crippen molar-refractivity contribution in [2.45, 2.75) is 6.92 Å². The van der Waals surface area contributed by atoms with Crippen LogP contribution in [0.25, 0.3) is 17.4 Å². The standard InChI is InChI=1S/C18H15ClO3S/c1-3-22-17(20)10-13-12-7-5-4-6-11(12)8-15(21-2)18-14(13)9-16(19)23-18/h4-10H,3H2,1-2H3. The van der Waals surface area contributed by atoms with Crippen molar-refractivity contribution < 1.29 is 14.3 Å². The van der Waals surface area contributed by atoms with Crippen molar-refractivity contribution >= 4 is 46.3 Å². The Balaban J connectivity index is 2.27. The van der Waals surface area contributed by atoms with Crippen molar-refractivity contribution in [3.8, 4) is 0 Å². The summed E-state index contributed by atoms with van der Waals surface area (Å²) in [4.78, 5) is 12.9. The maximum atomic E-state index is 12.0. The van der Waals surface area contributed by atoms with E-state index >= 15 is 0 Å². The Hall–Kier alpha value is -2.04. The monoisotopic (exact) mass is 346 g/mol. The van der Waals surface area contributed by atoms with Gasteiger partial charge in [-0.1, -0.05) is 35.9 Å². The minimum absolute atomic E-state index is 0.336. The van der Waals surface area contributed by atoms with Gasteiger partial charge in [-0.3, -0.25) is 0 Å². The third-order valence-corrected chi connectivity index (χ3v) is 4.80. The van der Waals surface area contributed by atoms with Crippen molar-refractivity contribution in [3.63, 3.8) is 0 Å². The Morgan fingerprint density at radius 2 is 2.09 bits per heavy atom. The van der Waals surface area contributed by atoms with Crippen LogP contribution >= 0.6 is 22.9 Å². The van der Waals surface area contributed by atoms with E-state index < -0.39 is 0 Å². The fourth-order valence-electron chi connectivity index (χ4n) is 2.57. The smallest absolute Gasteiger partial charge is 0.331 e. The second-order valence-electron chi connectivity index (χ2n) is 4.90. The van der Waals surface area contributed by atoms with Crippen LogP contribution in [0, 0.1) is 0 Å². The number of carbonyl (C=O) groups is 1. The first-order valence-electron chi connectivity index (χ1n) is 7.17. The van der Waals surface area contributed by atoms with Crippen LogP contribution in [-0.4, -0.2) is 19.7 Å². The maximum Gasteiger partial charge on any atom is 0.331 e. The minimum atomic E-state index is -0.369. The summed E-state index contributed by atoms with van der Waals surface area (Å²) in [5, 5.41) is 0. The van der Waals surface area contributed by atoms with Gasteiger partial charge in [-0.2, -0.15) is 0 Å². The van der Waals surface area contributed by atoms with Gasteiger partial charge in [0.05, 0.1) is 22.9 Å². The first-order valence-corrected chi connectivity index (χ1v) is 8.37. The van der Waals surface area contributed by atoms with Crippen LogP contribution in [0.2, 0.25) is 4.34 Å². The molecule has 23 heavy (non-hydrogen) atoms. The van der Waals surface area contributed by atoms with Crippen molar-refractivity contribution in [1.82, 2.24) is 0 Å². The zero-order chi connectivity index (χ0) is 16.4. The number of carbonyl (C=O) groups excluding carboxylic acids is 1. The first kappa shape index (κ1) is 15.8. The summed E-state index contributed by atoms with van der Waals surface area (Å²) >= 11 is 7.64. The van der Waals surface area contributed by atoms with E-state index in [4.69, 9.17) is 21.1 Å². The van der Waals surface area contributed by atoms with E-state index in [-0.39, 0.29) is 5.97 Å². The third kappa shape index (κ3) is 3.05. The van der Waals surface area contributed by atoms with Crippen LogP contribution in [0.5, 0.6) is 0 Å². The van der Waals surface area contributed by atoms with Crippen molar-refractivity contribution in [2.24, 2.45) is 0 Å². The number of methoxy groups -OCH3 is 1. The number of thiophene rings is 1. The number of halogens is 1. The van der Waals surface area contributed by atoms with Gasteiger partial charge in [-0.05, 0) is 35.8 Å². The Labute approximate surface area is 143 Å². The third-order valence-electron chi connectivity index (χ3n) is 3.52. The topological polar surface area (TPSA) is 35.5 Å². The zero-order valence-corrected chi connectivity index (χ0v) is 14.3. The molecule has 0 aliphatic heterocycles. The quantitative estimate of drug-likeness (QED) is 0.588. The summed E-state index contributed by atoms with van der Waals surface area (Å²) in [7, 11) is 1.63. The summed E-state index contributed by atoms with van der Waals surface area (Å²) in [5.74, 6) is 0.364. The fourth-order valence-corrected chi connectivity index (χ4v) is 3.81. The molecule has 0 unspecified atom stereocenters. The highest BCUT2D eigenvalue weighted by Crippen LogP contribution is 2.43. The summed E-state index contributed by atoms with van der Waals surface area (Å²) in [5.41, 5.74) is 3.61. The van der Waals surface area contributed by atoms with E-state index in [0.29, 0.717) is 10.9 Å². The largest absolute Gasteiger partial charge is 0.495 e. The molecule has 3 rings (SSSR count). The molecule has 1 aromatic heterocycles. The van der Waals surface area contributed by atoms with Gasteiger partial charge in [-0.25, -0.2) is 4.79 Å². The Bertz CT molecular complexity index is 817. The van der Waals surface area contributed by atoms with Crippen molar-refractivity contribution in [2.75, 3.05) is 13.7 Å². The predicted octanol–water partition coefficient (Wildman–Crippen LogP) is 4.85. The molecule has 0 atom stereocenters. The Kier molecular flexibility index (Phi) is 4.55. The molecule has 118 valence electrons. The molecular formula is C18H15ClO3S. The normalized spacial score (nSPS) is 14.6. The molecule has 0 bridgehead atoms. The number of rotatable bonds is 3. The highest BCUT2D eigenvalue weighted by Gasteiger charge is 2.23. The van der Waals surface area contributed by atoms with E-state index in [2.05, 4.69) is 0 Å². The molecule has 0 amide bonds. The fraction of sp³-hybridized carbons (Fsp3) is 0.167. The average Bonchev–Trinajstić information content (AvgIpc) is 2.87. The molecular weight excluding hydrogens is 332 g/mol. The molecule has 0 saturated carbocycles. The molecule has 5 heteroatoms. The second-order valence-corrected chi connectivity index (χ2v) is 6.59. The lowest BCUT2D eigenvalue weighted by atomic mass is 9.96. The first-order chi connectivity index (χ1) is 11.1. The van der Waals surface area contributed by atoms with Gasteiger partial charge < -0.3 is 9.47 Å². The Morgan fingerprint density at radius 3 is 2.83 bits per heavy atom. The van der Waals surface area contributed by atoms with E-state index in [1.807, 2.05) is 36.4 Å². The van der Waals surface area contributed by atoms with Gasteiger partial charge in [0, 0.05) is 11.6 Å². The average molecular weight is 347 g/mol. The highest BCUT2D eigenvalue weighted by molar-refractivity contribution is 7.17.